The summed E-state index contributed by atoms with van der Waals surface area (Å²) in [4.78, 5) is 4.97. The Labute approximate surface area is 62.3 Å². The van der Waals surface area contributed by atoms with Crippen LogP contribution in [0, 0.1) is 0 Å². The summed E-state index contributed by atoms with van der Waals surface area (Å²) in [5, 5.41) is 3.98. The Balaban J connectivity index is 2.18. The van der Waals surface area contributed by atoms with Gasteiger partial charge in [-0.15, -0.1) is 0 Å². The van der Waals surface area contributed by atoms with Gasteiger partial charge in [0.15, 0.2) is 0 Å². The molecule has 0 aliphatic carbocycles. The second-order valence-corrected chi connectivity index (χ2v) is 2.70. The Morgan fingerprint density at radius 3 is 3.10 bits per heavy atom. The van der Waals surface area contributed by atoms with Crippen LogP contribution in [-0.2, 0) is 4.84 Å². The molecule has 0 amide bonds. The summed E-state index contributed by atoms with van der Waals surface area (Å²) in [5.74, 6) is 0. The van der Waals surface area contributed by atoms with Gasteiger partial charge < -0.3 is 4.84 Å². The van der Waals surface area contributed by atoms with Crippen LogP contribution < -0.4 is 0 Å². The van der Waals surface area contributed by atoms with E-state index in [0.29, 0.717) is 0 Å². The Kier molecular flexibility index (Phi) is 3.27. The summed E-state index contributed by atoms with van der Waals surface area (Å²) in [6.45, 7) is 3.01. The molecule has 0 aromatic carbocycles. The van der Waals surface area contributed by atoms with Gasteiger partial charge in [-0.1, -0.05) is 18.5 Å². The molecule has 0 saturated carbocycles. The fourth-order valence-corrected chi connectivity index (χ4v) is 1.07. The number of hydrogen-bond acceptors (Lipinski definition) is 2. The molecule has 2 heteroatoms. The first-order valence-electron chi connectivity index (χ1n) is 4.11. The van der Waals surface area contributed by atoms with E-state index < -0.39 is 0 Å². The lowest BCUT2D eigenvalue weighted by molar-refractivity contribution is 0.130. The van der Waals surface area contributed by atoms with Crippen molar-refractivity contribution < 1.29 is 4.84 Å². The smallest absolute Gasteiger partial charge is 0.117 e. The molecular weight excluding hydrogens is 126 g/mol. The van der Waals surface area contributed by atoms with Gasteiger partial charge in [-0.2, -0.15) is 0 Å². The van der Waals surface area contributed by atoms with Crippen LogP contribution in [0.4, 0.5) is 0 Å². The zero-order valence-electron chi connectivity index (χ0n) is 6.60. The van der Waals surface area contributed by atoms with Gasteiger partial charge in [0.1, 0.15) is 6.61 Å². The van der Waals surface area contributed by atoms with Crippen molar-refractivity contribution in [3.63, 3.8) is 0 Å². The predicted molar refractivity (Wildman–Crippen MR) is 42.1 cm³/mol. The number of unbranched alkanes of at least 4 members (excludes halogenated alkanes) is 1. The largest absolute Gasteiger partial charge is 0.396 e. The first-order valence-corrected chi connectivity index (χ1v) is 4.11. The van der Waals surface area contributed by atoms with Crippen molar-refractivity contribution in [2.24, 2.45) is 5.16 Å². The van der Waals surface area contributed by atoms with Gasteiger partial charge in [-0.25, -0.2) is 0 Å². The molecular formula is C8H15NO. The quantitative estimate of drug-likeness (QED) is 0.591. The van der Waals surface area contributed by atoms with Gasteiger partial charge in [-0.3, -0.25) is 0 Å². The van der Waals surface area contributed by atoms with Gasteiger partial charge in [0.25, 0.3) is 0 Å². The van der Waals surface area contributed by atoms with Crippen LogP contribution >= 0.6 is 0 Å². The van der Waals surface area contributed by atoms with E-state index in [2.05, 4.69) is 12.1 Å². The van der Waals surface area contributed by atoms with Crippen LogP contribution in [0.1, 0.15) is 39.0 Å². The summed E-state index contributed by atoms with van der Waals surface area (Å²) in [6, 6.07) is 0. The zero-order chi connectivity index (χ0) is 7.23. The van der Waals surface area contributed by atoms with E-state index in [1.54, 1.807) is 0 Å². The minimum atomic E-state index is 0.815. The van der Waals surface area contributed by atoms with Crippen LogP contribution in [-0.4, -0.2) is 12.3 Å². The first-order chi connectivity index (χ1) is 4.93. The number of nitrogens with zero attached hydrogens (tertiary/aromatic N) is 1. The summed E-state index contributed by atoms with van der Waals surface area (Å²) in [6.07, 6.45) is 5.94. The predicted octanol–water partition coefficient (Wildman–Crippen LogP) is 2.34. The Hall–Kier alpha value is -0.530. The van der Waals surface area contributed by atoms with Crippen molar-refractivity contribution in [2.45, 2.75) is 39.0 Å². The number of hydrogen-bond donors (Lipinski definition) is 0. The van der Waals surface area contributed by atoms with Crippen LogP contribution in [0.25, 0.3) is 0 Å². The van der Waals surface area contributed by atoms with Crippen LogP contribution in [0.15, 0.2) is 5.16 Å². The molecule has 1 aliphatic heterocycles. The number of oxime groups is 1. The highest BCUT2D eigenvalue weighted by molar-refractivity contribution is 5.84. The minimum Gasteiger partial charge on any atom is -0.396 e. The molecule has 1 rings (SSSR count). The third-order valence-electron chi connectivity index (χ3n) is 1.71. The zero-order valence-corrected chi connectivity index (χ0v) is 6.60. The van der Waals surface area contributed by atoms with Crippen molar-refractivity contribution in [1.29, 1.82) is 0 Å². The lowest BCUT2D eigenvalue weighted by Crippen LogP contribution is -2.07. The monoisotopic (exact) mass is 141 g/mol. The molecule has 10 heavy (non-hydrogen) atoms. The van der Waals surface area contributed by atoms with E-state index in [-0.39, 0.29) is 0 Å². The summed E-state index contributed by atoms with van der Waals surface area (Å²) in [7, 11) is 0. The summed E-state index contributed by atoms with van der Waals surface area (Å²) < 4.78 is 0. The van der Waals surface area contributed by atoms with Gasteiger partial charge in [0.05, 0.1) is 5.71 Å². The standard InChI is InChI=1S/C8H15NO/c1-2-3-5-8-6-4-7-10-9-8/h2-7H2,1H3. The summed E-state index contributed by atoms with van der Waals surface area (Å²) in [5.41, 5.74) is 1.26. The number of rotatable bonds is 3. The van der Waals surface area contributed by atoms with Crippen molar-refractivity contribution in [3.8, 4) is 0 Å². The summed E-state index contributed by atoms with van der Waals surface area (Å²) >= 11 is 0. The SMILES string of the molecule is CCCCC1=NOCCC1. The second kappa shape index (κ2) is 4.31. The molecule has 0 aromatic rings. The molecule has 0 radical (unpaired) electrons. The molecule has 0 spiro atoms. The van der Waals surface area contributed by atoms with Gasteiger partial charge in [0, 0.05) is 0 Å². The second-order valence-electron chi connectivity index (χ2n) is 2.70. The molecule has 0 N–H and O–H groups in total. The maximum absolute atomic E-state index is 4.97. The van der Waals surface area contributed by atoms with E-state index >= 15 is 0 Å². The third kappa shape index (κ3) is 2.38. The average Bonchev–Trinajstić information content (AvgIpc) is 2.03. The van der Waals surface area contributed by atoms with Gasteiger partial charge in [0.2, 0.25) is 0 Å². The highest BCUT2D eigenvalue weighted by Gasteiger charge is 2.04. The first kappa shape index (κ1) is 7.58. The van der Waals surface area contributed by atoms with Gasteiger partial charge in [-0.05, 0) is 25.7 Å². The van der Waals surface area contributed by atoms with Crippen LogP contribution in [0.3, 0.4) is 0 Å². The van der Waals surface area contributed by atoms with E-state index in [9.17, 15) is 0 Å². The molecule has 0 aromatic heterocycles. The van der Waals surface area contributed by atoms with Crippen molar-refractivity contribution >= 4 is 5.71 Å². The lowest BCUT2D eigenvalue weighted by atomic mass is 10.1. The van der Waals surface area contributed by atoms with Gasteiger partial charge >= 0.3 is 0 Å². The Bertz CT molecular complexity index is 120. The van der Waals surface area contributed by atoms with Crippen LogP contribution in [0.5, 0.6) is 0 Å². The van der Waals surface area contributed by atoms with E-state index in [1.807, 2.05) is 0 Å². The average molecular weight is 141 g/mol. The molecule has 1 aliphatic rings. The van der Waals surface area contributed by atoms with Crippen molar-refractivity contribution in [1.82, 2.24) is 0 Å². The van der Waals surface area contributed by atoms with Crippen molar-refractivity contribution in [2.75, 3.05) is 6.61 Å². The fourth-order valence-electron chi connectivity index (χ4n) is 1.07. The van der Waals surface area contributed by atoms with E-state index in [0.717, 1.165) is 25.9 Å². The molecule has 58 valence electrons. The molecule has 1 heterocycles. The molecule has 0 atom stereocenters. The van der Waals surface area contributed by atoms with Crippen molar-refractivity contribution in [3.05, 3.63) is 0 Å². The molecule has 0 bridgehead atoms. The Morgan fingerprint density at radius 2 is 2.50 bits per heavy atom. The van der Waals surface area contributed by atoms with E-state index in [1.165, 1.54) is 18.6 Å². The fraction of sp³-hybridized carbons (Fsp3) is 0.875. The van der Waals surface area contributed by atoms with Crippen LogP contribution in [0.2, 0.25) is 0 Å². The Morgan fingerprint density at radius 1 is 1.60 bits per heavy atom. The lowest BCUT2D eigenvalue weighted by Gasteiger charge is -2.10. The third-order valence-corrected chi connectivity index (χ3v) is 1.71. The normalized spacial score (nSPS) is 17.9. The molecule has 2 nitrogen and oxygen atoms in total. The molecule has 0 unspecified atom stereocenters. The maximum atomic E-state index is 4.97. The highest BCUT2D eigenvalue weighted by Crippen LogP contribution is 2.08. The van der Waals surface area contributed by atoms with E-state index in [4.69, 9.17) is 4.84 Å². The molecule has 0 saturated heterocycles. The highest BCUT2D eigenvalue weighted by atomic mass is 16.6. The minimum absolute atomic E-state index is 0.815. The topological polar surface area (TPSA) is 21.6 Å². The molecule has 0 fully saturated rings. The maximum Gasteiger partial charge on any atom is 0.117 e.